The predicted octanol–water partition coefficient (Wildman–Crippen LogP) is 2.98. The lowest BCUT2D eigenvalue weighted by Gasteiger charge is -2.35. The zero-order valence-electron chi connectivity index (χ0n) is 12.4. The molecule has 0 atom stereocenters. The molecule has 21 heavy (non-hydrogen) atoms. The van der Waals surface area contributed by atoms with Crippen LogP contribution < -0.4 is 11.1 Å². The fourth-order valence-corrected chi connectivity index (χ4v) is 3.05. The van der Waals surface area contributed by atoms with Gasteiger partial charge in [0.2, 0.25) is 0 Å². The second kappa shape index (κ2) is 6.67. The van der Waals surface area contributed by atoms with Crippen molar-refractivity contribution in [2.75, 3.05) is 12.3 Å². The minimum Gasteiger partial charge on any atom is -0.397 e. The summed E-state index contributed by atoms with van der Waals surface area (Å²) in [4.78, 5) is 12.2. The summed E-state index contributed by atoms with van der Waals surface area (Å²) >= 11 is 5.91. The fraction of sp³-hybridized carbons (Fsp3) is 0.562. The average Bonchev–Trinajstić information content (AvgIpc) is 2.49. The van der Waals surface area contributed by atoms with Crippen LogP contribution in [-0.4, -0.2) is 23.2 Å². The van der Waals surface area contributed by atoms with Crippen LogP contribution in [0.3, 0.4) is 0 Å². The van der Waals surface area contributed by atoms with E-state index in [9.17, 15) is 9.90 Å². The summed E-state index contributed by atoms with van der Waals surface area (Å²) in [7, 11) is 0. The van der Waals surface area contributed by atoms with Gasteiger partial charge in [-0.1, -0.05) is 31.0 Å². The third kappa shape index (κ3) is 3.89. The summed E-state index contributed by atoms with van der Waals surface area (Å²) in [6.45, 7) is 2.44. The smallest absolute Gasteiger partial charge is 0.253 e. The maximum atomic E-state index is 12.2. The standard InChI is InChI=1S/C16H23ClN2O2/c1-2-11-6-8-16(21,9-7-11)10-19-15(20)12-4-3-5-13(17)14(12)18/h3-5,11,21H,2,6-10,18H2,1H3,(H,19,20). The van der Waals surface area contributed by atoms with E-state index in [0.29, 0.717) is 16.5 Å². The van der Waals surface area contributed by atoms with Crippen LogP contribution in [0.2, 0.25) is 5.02 Å². The van der Waals surface area contributed by atoms with Gasteiger partial charge in [-0.3, -0.25) is 4.79 Å². The first kappa shape index (κ1) is 16.1. The molecule has 0 aliphatic heterocycles. The molecule has 1 aromatic carbocycles. The van der Waals surface area contributed by atoms with Crippen molar-refractivity contribution in [3.05, 3.63) is 28.8 Å². The molecule has 4 nitrogen and oxygen atoms in total. The third-order valence-electron chi connectivity index (χ3n) is 4.49. The van der Waals surface area contributed by atoms with E-state index in [2.05, 4.69) is 12.2 Å². The molecule has 1 amide bonds. The molecule has 0 spiro atoms. The van der Waals surface area contributed by atoms with E-state index in [1.807, 2.05) is 0 Å². The van der Waals surface area contributed by atoms with Gasteiger partial charge in [0.05, 0.1) is 21.9 Å². The fourth-order valence-electron chi connectivity index (χ4n) is 2.88. The molecular weight excluding hydrogens is 288 g/mol. The first-order valence-electron chi connectivity index (χ1n) is 7.50. The van der Waals surface area contributed by atoms with Crippen molar-refractivity contribution in [1.82, 2.24) is 5.32 Å². The molecule has 0 saturated heterocycles. The van der Waals surface area contributed by atoms with Crippen molar-refractivity contribution in [2.45, 2.75) is 44.6 Å². The first-order chi connectivity index (χ1) is 9.95. The van der Waals surface area contributed by atoms with Crippen molar-refractivity contribution in [3.63, 3.8) is 0 Å². The number of hydrogen-bond donors (Lipinski definition) is 3. The molecule has 5 heteroatoms. The van der Waals surface area contributed by atoms with E-state index in [1.165, 1.54) is 0 Å². The normalized spacial score (nSPS) is 25.6. The Labute approximate surface area is 130 Å². The van der Waals surface area contributed by atoms with Crippen LogP contribution in [0, 0.1) is 5.92 Å². The summed E-state index contributed by atoms with van der Waals surface area (Å²) in [6, 6.07) is 4.97. The van der Waals surface area contributed by atoms with Gasteiger partial charge >= 0.3 is 0 Å². The molecule has 1 fully saturated rings. The molecule has 1 saturated carbocycles. The van der Waals surface area contributed by atoms with Crippen LogP contribution in [-0.2, 0) is 0 Å². The summed E-state index contributed by atoms with van der Waals surface area (Å²) in [5, 5.41) is 13.7. The average molecular weight is 311 g/mol. The molecule has 0 unspecified atom stereocenters. The van der Waals surface area contributed by atoms with Crippen LogP contribution in [0.1, 0.15) is 49.4 Å². The Morgan fingerprint density at radius 3 is 2.76 bits per heavy atom. The molecule has 0 radical (unpaired) electrons. The number of hydrogen-bond acceptors (Lipinski definition) is 3. The second-order valence-corrected chi connectivity index (χ2v) is 6.37. The number of amides is 1. The topological polar surface area (TPSA) is 75.3 Å². The first-order valence-corrected chi connectivity index (χ1v) is 7.87. The van der Waals surface area contributed by atoms with Crippen LogP contribution in [0.5, 0.6) is 0 Å². The Kier molecular flexibility index (Phi) is 5.12. The van der Waals surface area contributed by atoms with Crippen LogP contribution >= 0.6 is 11.6 Å². The maximum absolute atomic E-state index is 12.2. The van der Waals surface area contributed by atoms with E-state index >= 15 is 0 Å². The minimum atomic E-state index is -0.797. The van der Waals surface area contributed by atoms with E-state index in [4.69, 9.17) is 17.3 Å². The zero-order valence-corrected chi connectivity index (χ0v) is 13.1. The number of nitrogens with two attached hydrogens (primary N) is 1. The lowest BCUT2D eigenvalue weighted by molar-refractivity contribution is -0.00786. The maximum Gasteiger partial charge on any atom is 0.253 e. The number of para-hydroxylation sites is 1. The molecule has 0 heterocycles. The Hall–Kier alpha value is -1.26. The number of carbonyl (C=O) groups excluding carboxylic acids is 1. The molecule has 2 rings (SSSR count). The highest BCUT2D eigenvalue weighted by Crippen LogP contribution is 2.33. The third-order valence-corrected chi connectivity index (χ3v) is 4.82. The van der Waals surface area contributed by atoms with Gasteiger partial charge in [-0.05, 0) is 43.7 Å². The van der Waals surface area contributed by atoms with Gasteiger partial charge in [-0.2, -0.15) is 0 Å². The highest BCUT2D eigenvalue weighted by molar-refractivity contribution is 6.33. The van der Waals surface area contributed by atoms with Crippen LogP contribution in [0.25, 0.3) is 0 Å². The summed E-state index contributed by atoms with van der Waals surface area (Å²) in [5.41, 5.74) is 5.64. The molecule has 116 valence electrons. The number of anilines is 1. The monoisotopic (exact) mass is 310 g/mol. The van der Waals surface area contributed by atoms with Gasteiger partial charge in [0, 0.05) is 6.54 Å². The van der Waals surface area contributed by atoms with Crippen molar-refractivity contribution < 1.29 is 9.90 Å². The predicted molar refractivity (Wildman–Crippen MR) is 85.4 cm³/mol. The molecule has 1 aliphatic carbocycles. The van der Waals surface area contributed by atoms with Gasteiger partial charge in [0.25, 0.3) is 5.91 Å². The summed E-state index contributed by atoms with van der Waals surface area (Å²) < 4.78 is 0. The van der Waals surface area contributed by atoms with Gasteiger partial charge < -0.3 is 16.2 Å². The Morgan fingerprint density at radius 1 is 1.48 bits per heavy atom. The van der Waals surface area contributed by atoms with Crippen LogP contribution in [0.4, 0.5) is 5.69 Å². The molecular formula is C16H23ClN2O2. The molecule has 0 bridgehead atoms. The Morgan fingerprint density at radius 2 is 2.14 bits per heavy atom. The largest absolute Gasteiger partial charge is 0.397 e. The van der Waals surface area contributed by atoms with Crippen molar-refractivity contribution in [3.8, 4) is 0 Å². The quantitative estimate of drug-likeness (QED) is 0.748. The van der Waals surface area contributed by atoms with E-state index < -0.39 is 5.60 Å². The van der Waals surface area contributed by atoms with Crippen molar-refractivity contribution in [2.24, 2.45) is 5.92 Å². The van der Waals surface area contributed by atoms with Crippen molar-refractivity contribution >= 4 is 23.2 Å². The molecule has 4 N–H and O–H groups in total. The number of benzene rings is 1. The van der Waals surface area contributed by atoms with Crippen molar-refractivity contribution in [1.29, 1.82) is 0 Å². The summed E-state index contributed by atoms with van der Waals surface area (Å²) in [5.74, 6) is 0.408. The zero-order chi connectivity index (χ0) is 15.5. The van der Waals surface area contributed by atoms with E-state index in [1.54, 1.807) is 18.2 Å². The number of halogens is 1. The minimum absolute atomic E-state index is 0.258. The number of rotatable bonds is 4. The van der Waals surface area contributed by atoms with Gasteiger partial charge in [0.1, 0.15) is 0 Å². The molecule has 1 aromatic rings. The second-order valence-electron chi connectivity index (χ2n) is 5.96. The summed E-state index contributed by atoms with van der Waals surface area (Å²) in [6.07, 6.45) is 4.65. The Balaban J connectivity index is 1.94. The molecule has 1 aliphatic rings. The highest BCUT2D eigenvalue weighted by Gasteiger charge is 2.33. The number of aliphatic hydroxyl groups is 1. The number of nitrogen functional groups attached to an aromatic ring is 1. The SMILES string of the molecule is CCC1CCC(O)(CNC(=O)c2cccc(Cl)c2N)CC1. The van der Waals surface area contributed by atoms with Gasteiger partial charge in [-0.15, -0.1) is 0 Å². The van der Waals surface area contributed by atoms with E-state index in [0.717, 1.165) is 32.1 Å². The molecule has 0 aromatic heterocycles. The van der Waals surface area contributed by atoms with Crippen LogP contribution in [0.15, 0.2) is 18.2 Å². The number of carbonyl (C=O) groups is 1. The number of nitrogens with one attached hydrogen (secondary N) is 1. The van der Waals surface area contributed by atoms with Gasteiger partial charge in [-0.25, -0.2) is 0 Å². The lowest BCUT2D eigenvalue weighted by Crippen LogP contribution is -2.45. The van der Waals surface area contributed by atoms with E-state index in [-0.39, 0.29) is 18.1 Å². The lowest BCUT2D eigenvalue weighted by atomic mass is 9.78. The highest BCUT2D eigenvalue weighted by atomic mass is 35.5. The Bertz CT molecular complexity index is 511. The van der Waals surface area contributed by atoms with Gasteiger partial charge in [0.15, 0.2) is 0 Å².